The van der Waals surface area contributed by atoms with Crippen molar-refractivity contribution in [2.24, 2.45) is 5.73 Å². The zero-order chi connectivity index (χ0) is 13.2. The molecule has 96 valence electrons. The largest absolute Gasteiger partial charge is 0.418 e. The zero-order valence-electron chi connectivity index (χ0n) is 8.45. The van der Waals surface area contributed by atoms with E-state index < -0.39 is 29.5 Å². The van der Waals surface area contributed by atoms with E-state index in [9.17, 15) is 23.4 Å². The van der Waals surface area contributed by atoms with Gasteiger partial charge in [-0.05, 0) is 11.6 Å². The summed E-state index contributed by atoms with van der Waals surface area (Å²) in [5.74, 6) is 0. The summed E-state index contributed by atoms with van der Waals surface area (Å²) in [5, 5.41) is 18.6. The molecule has 0 spiro atoms. The van der Waals surface area contributed by atoms with Crippen LogP contribution in [0.3, 0.4) is 0 Å². The summed E-state index contributed by atoms with van der Waals surface area (Å²) in [6.07, 6.45) is -7.46. The van der Waals surface area contributed by atoms with Gasteiger partial charge in [-0.3, -0.25) is 0 Å². The number of halogens is 4. The Labute approximate surface area is 99.8 Å². The van der Waals surface area contributed by atoms with Gasteiger partial charge in [-0.1, -0.05) is 11.6 Å². The molecular formula is C9H10ClF3N2O2. The van der Waals surface area contributed by atoms with E-state index in [1.54, 1.807) is 0 Å². The minimum atomic E-state index is -4.69. The van der Waals surface area contributed by atoms with Gasteiger partial charge in [-0.2, -0.15) is 13.2 Å². The molecule has 0 amide bonds. The smallest absolute Gasteiger partial charge is 0.389 e. The van der Waals surface area contributed by atoms with Gasteiger partial charge in [0.25, 0.3) is 0 Å². The molecule has 0 bridgehead atoms. The lowest BCUT2D eigenvalue weighted by molar-refractivity contribution is -0.140. The number of rotatable bonds is 3. The Morgan fingerprint density at radius 2 is 2.00 bits per heavy atom. The Morgan fingerprint density at radius 3 is 2.47 bits per heavy atom. The van der Waals surface area contributed by atoms with Gasteiger partial charge < -0.3 is 15.9 Å². The van der Waals surface area contributed by atoms with Crippen molar-refractivity contribution < 1.29 is 23.4 Å². The monoisotopic (exact) mass is 270 g/mol. The molecule has 0 aliphatic rings. The molecule has 0 radical (unpaired) electrons. The van der Waals surface area contributed by atoms with Crippen molar-refractivity contribution in [2.45, 2.75) is 18.4 Å². The number of hydrogen-bond acceptors (Lipinski definition) is 4. The fourth-order valence-electron chi connectivity index (χ4n) is 1.26. The number of nitrogens with zero attached hydrogens (tertiary/aromatic N) is 1. The first-order valence-corrected chi connectivity index (χ1v) is 4.94. The van der Waals surface area contributed by atoms with E-state index >= 15 is 0 Å². The normalized spacial score (nSPS) is 15.7. The van der Waals surface area contributed by atoms with Crippen molar-refractivity contribution >= 4 is 11.6 Å². The lowest BCUT2D eigenvalue weighted by Gasteiger charge is -2.20. The van der Waals surface area contributed by atoms with Crippen LogP contribution in [-0.4, -0.2) is 27.8 Å². The van der Waals surface area contributed by atoms with Crippen molar-refractivity contribution in [2.75, 3.05) is 6.54 Å². The molecule has 2 unspecified atom stereocenters. The second kappa shape index (κ2) is 5.18. The Hall–Kier alpha value is -0.890. The molecule has 0 saturated carbocycles. The van der Waals surface area contributed by atoms with Gasteiger partial charge in [0.15, 0.2) is 0 Å². The van der Waals surface area contributed by atoms with Crippen molar-refractivity contribution in [3.63, 3.8) is 0 Å². The van der Waals surface area contributed by atoms with Gasteiger partial charge in [-0.25, -0.2) is 4.98 Å². The number of aliphatic hydroxyl groups excluding tert-OH is 2. The Balaban J connectivity index is 3.25. The standard InChI is InChI=1S/C9H10ClF3N2O2/c10-7-1-4(8(17)6(16)2-14)5(3-15-7)9(11,12)13/h1,3,6,8,16-17H,2,14H2. The number of nitrogens with two attached hydrogens (primary N) is 1. The fraction of sp³-hybridized carbons (Fsp3) is 0.444. The van der Waals surface area contributed by atoms with Crippen molar-refractivity contribution in [1.82, 2.24) is 4.98 Å². The van der Waals surface area contributed by atoms with Crippen LogP contribution in [0, 0.1) is 0 Å². The lowest BCUT2D eigenvalue weighted by Crippen LogP contribution is -2.29. The van der Waals surface area contributed by atoms with Crippen LogP contribution in [0.15, 0.2) is 12.3 Å². The highest BCUT2D eigenvalue weighted by Crippen LogP contribution is 2.35. The molecule has 2 atom stereocenters. The molecule has 0 aliphatic carbocycles. The molecule has 0 aromatic carbocycles. The fourth-order valence-corrected chi connectivity index (χ4v) is 1.43. The van der Waals surface area contributed by atoms with E-state index in [2.05, 4.69) is 4.98 Å². The lowest BCUT2D eigenvalue weighted by atomic mass is 10.0. The highest BCUT2D eigenvalue weighted by atomic mass is 35.5. The van der Waals surface area contributed by atoms with E-state index in [1.165, 1.54) is 0 Å². The molecule has 4 nitrogen and oxygen atoms in total. The van der Waals surface area contributed by atoms with Gasteiger partial charge in [0.2, 0.25) is 0 Å². The Morgan fingerprint density at radius 1 is 1.41 bits per heavy atom. The third-order valence-corrected chi connectivity index (χ3v) is 2.34. The molecule has 0 fully saturated rings. The van der Waals surface area contributed by atoms with Crippen LogP contribution >= 0.6 is 11.6 Å². The van der Waals surface area contributed by atoms with Gasteiger partial charge in [0, 0.05) is 12.7 Å². The maximum atomic E-state index is 12.6. The van der Waals surface area contributed by atoms with E-state index in [1.807, 2.05) is 0 Å². The van der Waals surface area contributed by atoms with E-state index in [0.717, 1.165) is 6.07 Å². The van der Waals surface area contributed by atoms with Gasteiger partial charge >= 0.3 is 6.18 Å². The number of aliphatic hydroxyl groups is 2. The van der Waals surface area contributed by atoms with Crippen molar-refractivity contribution in [3.8, 4) is 0 Å². The van der Waals surface area contributed by atoms with E-state index in [4.69, 9.17) is 17.3 Å². The van der Waals surface area contributed by atoms with Crippen LogP contribution in [0.5, 0.6) is 0 Å². The molecular weight excluding hydrogens is 261 g/mol. The van der Waals surface area contributed by atoms with Crippen LogP contribution in [0.25, 0.3) is 0 Å². The minimum absolute atomic E-state index is 0.212. The highest BCUT2D eigenvalue weighted by molar-refractivity contribution is 6.29. The Kier molecular flexibility index (Phi) is 4.31. The first kappa shape index (κ1) is 14.2. The topological polar surface area (TPSA) is 79.4 Å². The average molecular weight is 271 g/mol. The number of alkyl halides is 3. The second-order valence-electron chi connectivity index (χ2n) is 3.34. The molecule has 1 aromatic rings. The summed E-state index contributed by atoms with van der Waals surface area (Å²) in [6, 6.07) is 0.855. The predicted octanol–water partition coefficient (Wildman–Crippen LogP) is 1.11. The van der Waals surface area contributed by atoms with Crippen molar-refractivity contribution in [3.05, 3.63) is 28.5 Å². The maximum Gasteiger partial charge on any atom is 0.418 e. The molecule has 17 heavy (non-hydrogen) atoms. The molecule has 4 N–H and O–H groups in total. The van der Waals surface area contributed by atoms with Crippen LogP contribution in [-0.2, 0) is 6.18 Å². The first-order chi connectivity index (χ1) is 7.77. The molecule has 8 heteroatoms. The average Bonchev–Trinajstić information content (AvgIpc) is 2.25. The summed E-state index contributed by atoms with van der Waals surface area (Å²) in [4.78, 5) is 3.30. The Bertz CT molecular complexity index is 400. The third-order valence-electron chi connectivity index (χ3n) is 2.13. The van der Waals surface area contributed by atoms with Gasteiger partial charge in [0.1, 0.15) is 11.3 Å². The molecule has 1 heterocycles. The highest BCUT2D eigenvalue weighted by Gasteiger charge is 2.36. The zero-order valence-corrected chi connectivity index (χ0v) is 9.20. The van der Waals surface area contributed by atoms with Gasteiger partial charge in [-0.15, -0.1) is 0 Å². The van der Waals surface area contributed by atoms with Crippen molar-refractivity contribution in [1.29, 1.82) is 0 Å². The van der Waals surface area contributed by atoms with Gasteiger partial charge in [0.05, 0.1) is 11.7 Å². The first-order valence-electron chi connectivity index (χ1n) is 4.56. The summed E-state index contributed by atoms with van der Waals surface area (Å²) >= 11 is 5.46. The van der Waals surface area contributed by atoms with Crippen LogP contribution in [0.4, 0.5) is 13.2 Å². The quantitative estimate of drug-likeness (QED) is 0.719. The minimum Gasteiger partial charge on any atom is -0.389 e. The van der Waals surface area contributed by atoms with Crippen LogP contribution < -0.4 is 5.73 Å². The van der Waals surface area contributed by atoms with E-state index in [-0.39, 0.29) is 11.7 Å². The second-order valence-corrected chi connectivity index (χ2v) is 3.73. The molecule has 0 aliphatic heterocycles. The SMILES string of the molecule is NCC(O)C(O)c1cc(Cl)ncc1C(F)(F)F. The predicted molar refractivity (Wildman–Crippen MR) is 54.3 cm³/mol. The summed E-state index contributed by atoms with van der Waals surface area (Å²) < 4.78 is 37.8. The summed E-state index contributed by atoms with van der Waals surface area (Å²) in [7, 11) is 0. The van der Waals surface area contributed by atoms with Crippen LogP contribution in [0.2, 0.25) is 5.15 Å². The molecule has 1 aromatic heterocycles. The molecule has 0 saturated heterocycles. The number of hydrogen-bond donors (Lipinski definition) is 3. The number of pyridine rings is 1. The van der Waals surface area contributed by atoms with Crippen LogP contribution in [0.1, 0.15) is 17.2 Å². The maximum absolute atomic E-state index is 12.6. The third kappa shape index (κ3) is 3.29. The molecule has 1 rings (SSSR count). The number of aromatic nitrogens is 1. The van der Waals surface area contributed by atoms with E-state index in [0.29, 0.717) is 6.20 Å². The summed E-state index contributed by atoms with van der Waals surface area (Å²) in [6.45, 7) is -0.377. The summed E-state index contributed by atoms with van der Waals surface area (Å²) in [5.41, 5.74) is 3.37.